The molecular formula is C33H36N4O6. The fourth-order valence-corrected chi connectivity index (χ4v) is 5.85. The summed E-state index contributed by atoms with van der Waals surface area (Å²) in [5.74, 6) is -2.81. The largest absolute Gasteiger partial charge is 0.481 e. The Labute approximate surface area is 250 Å². The van der Waals surface area contributed by atoms with Gasteiger partial charge >= 0.3 is 11.9 Å². The Morgan fingerprint density at radius 3 is 1.65 bits per heavy atom. The summed E-state index contributed by atoms with van der Waals surface area (Å²) in [6.07, 6.45) is 7.58. The van der Waals surface area contributed by atoms with Crippen LogP contribution < -0.4 is 10.6 Å². The molecule has 0 saturated carbocycles. The third-order valence-electron chi connectivity index (χ3n) is 8.40. The lowest BCUT2D eigenvalue weighted by molar-refractivity contribution is -0.138. The van der Waals surface area contributed by atoms with Crippen LogP contribution in [0.5, 0.6) is 0 Å². The number of allylic oxidation sites excluding steroid dienone is 6. The van der Waals surface area contributed by atoms with Crippen LogP contribution in [0.2, 0.25) is 0 Å². The Morgan fingerprint density at radius 2 is 1.21 bits per heavy atom. The number of aliphatic carboxylic acids is 2. The van der Waals surface area contributed by atoms with Gasteiger partial charge in [0.2, 0.25) is 0 Å². The predicted octanol–water partition coefficient (Wildman–Crippen LogP) is 4.83. The molecular weight excluding hydrogens is 548 g/mol. The van der Waals surface area contributed by atoms with Crippen LogP contribution in [0.15, 0.2) is 104 Å². The molecule has 0 spiro atoms. The van der Waals surface area contributed by atoms with Crippen molar-refractivity contribution in [3.8, 4) is 0 Å². The Balaban J connectivity index is 1.71. The second-order valence-electron chi connectivity index (χ2n) is 11.0. The molecule has 43 heavy (non-hydrogen) atoms. The average molecular weight is 585 g/mol. The number of aliphatic imine (C=N–C) groups is 2. The number of rotatable bonds is 12. The lowest BCUT2D eigenvalue weighted by Crippen LogP contribution is -2.22. The number of amides is 2. The lowest BCUT2D eigenvalue weighted by Gasteiger charge is -2.18. The number of carbonyl (C=O) groups excluding carboxylic acids is 2. The average Bonchev–Trinajstić information content (AvgIpc) is 3.59. The number of nitrogens with one attached hydrogen (secondary N) is 2. The van der Waals surface area contributed by atoms with Gasteiger partial charge in [-0.25, -0.2) is 0 Å². The Kier molecular flexibility index (Phi) is 9.08. The van der Waals surface area contributed by atoms with Gasteiger partial charge in [0.05, 0.1) is 17.1 Å². The minimum atomic E-state index is -0.917. The second-order valence-corrected chi connectivity index (χ2v) is 11.0. The van der Waals surface area contributed by atoms with E-state index in [1.165, 1.54) is 6.08 Å². The minimum absolute atomic E-state index is 0.0551. The summed E-state index contributed by atoms with van der Waals surface area (Å²) in [4.78, 5) is 57.4. The zero-order valence-corrected chi connectivity index (χ0v) is 24.8. The summed E-state index contributed by atoms with van der Waals surface area (Å²) in [5, 5.41) is 24.6. The first-order chi connectivity index (χ1) is 20.4. The third-order valence-corrected chi connectivity index (χ3v) is 8.40. The van der Waals surface area contributed by atoms with E-state index in [0.29, 0.717) is 58.8 Å². The Hall–Kier alpha value is -4.86. The van der Waals surface area contributed by atoms with Gasteiger partial charge in [-0.05, 0) is 69.4 Å². The SMILES string of the molecule is C=CC1=C(C)/C(=C\C2=C(C)[C@@H](CCC(=O)O)C(CC3=NC(/C=C4/NC(=O)C(C)=C4C=C)=C(C)[C@@H]3CCC(=O)O)=N2)NC1=O. The van der Waals surface area contributed by atoms with E-state index in [9.17, 15) is 29.4 Å². The highest BCUT2D eigenvalue weighted by Crippen LogP contribution is 2.38. The molecule has 4 aliphatic rings. The predicted molar refractivity (Wildman–Crippen MR) is 164 cm³/mol. The highest BCUT2D eigenvalue weighted by atomic mass is 16.4. The molecule has 2 amide bonds. The van der Waals surface area contributed by atoms with Crippen molar-refractivity contribution in [3.05, 3.63) is 93.7 Å². The zero-order chi connectivity index (χ0) is 31.6. The van der Waals surface area contributed by atoms with Crippen molar-refractivity contribution in [1.29, 1.82) is 0 Å². The van der Waals surface area contributed by atoms with Gasteiger partial charge in [0.25, 0.3) is 11.8 Å². The topological polar surface area (TPSA) is 158 Å². The molecule has 4 aliphatic heterocycles. The molecule has 0 unspecified atom stereocenters. The zero-order valence-electron chi connectivity index (χ0n) is 24.8. The van der Waals surface area contributed by atoms with Crippen LogP contribution in [0.1, 0.15) is 59.8 Å². The smallest absolute Gasteiger partial charge is 0.303 e. The Morgan fingerprint density at radius 1 is 0.744 bits per heavy atom. The van der Waals surface area contributed by atoms with Crippen LogP contribution in [0.25, 0.3) is 0 Å². The van der Waals surface area contributed by atoms with E-state index in [-0.39, 0.29) is 36.5 Å². The first kappa shape index (κ1) is 31.1. The number of carboxylic acids is 2. The van der Waals surface area contributed by atoms with Crippen LogP contribution in [0.4, 0.5) is 0 Å². The maximum absolute atomic E-state index is 12.3. The van der Waals surface area contributed by atoms with Gasteiger partial charge in [-0.2, -0.15) is 0 Å². The van der Waals surface area contributed by atoms with Gasteiger partial charge < -0.3 is 20.8 Å². The molecule has 4 N–H and O–H groups in total. The van der Waals surface area contributed by atoms with E-state index in [2.05, 4.69) is 23.8 Å². The summed E-state index contributed by atoms with van der Waals surface area (Å²) in [6.45, 7) is 14.9. The van der Waals surface area contributed by atoms with E-state index in [0.717, 1.165) is 28.1 Å². The quantitative estimate of drug-likeness (QED) is 0.257. The van der Waals surface area contributed by atoms with Gasteiger partial charge in [0.1, 0.15) is 0 Å². The van der Waals surface area contributed by atoms with Crippen molar-refractivity contribution >= 4 is 35.2 Å². The molecule has 4 heterocycles. The number of nitrogens with zero attached hydrogens (tertiary/aromatic N) is 2. The molecule has 4 rings (SSSR count). The first-order valence-electron chi connectivity index (χ1n) is 14.1. The molecule has 0 bridgehead atoms. The van der Waals surface area contributed by atoms with Gasteiger partial charge in [0, 0.05) is 64.9 Å². The van der Waals surface area contributed by atoms with E-state index in [1.54, 1.807) is 25.2 Å². The van der Waals surface area contributed by atoms with E-state index in [4.69, 9.17) is 9.98 Å². The fourth-order valence-electron chi connectivity index (χ4n) is 5.85. The van der Waals surface area contributed by atoms with Gasteiger partial charge in [-0.3, -0.25) is 29.2 Å². The molecule has 2 atom stereocenters. The molecule has 224 valence electrons. The van der Waals surface area contributed by atoms with Crippen molar-refractivity contribution in [1.82, 2.24) is 10.6 Å². The number of carboxylic acid groups (broad SMARTS) is 2. The molecule has 0 aliphatic carbocycles. The van der Waals surface area contributed by atoms with Crippen LogP contribution in [-0.2, 0) is 19.2 Å². The normalized spacial score (nSPS) is 23.9. The van der Waals surface area contributed by atoms with Crippen molar-refractivity contribution in [2.24, 2.45) is 21.8 Å². The minimum Gasteiger partial charge on any atom is -0.481 e. The summed E-state index contributed by atoms with van der Waals surface area (Å²) >= 11 is 0. The van der Waals surface area contributed by atoms with Crippen molar-refractivity contribution in [3.63, 3.8) is 0 Å². The van der Waals surface area contributed by atoms with E-state index < -0.39 is 11.9 Å². The van der Waals surface area contributed by atoms with Gasteiger partial charge in [-0.1, -0.05) is 25.3 Å². The Bertz CT molecular complexity index is 1610. The summed E-state index contributed by atoms with van der Waals surface area (Å²) in [7, 11) is 0. The first-order valence-corrected chi connectivity index (χ1v) is 14.1. The molecule has 0 saturated heterocycles. The molecule has 0 aromatic heterocycles. The van der Waals surface area contributed by atoms with E-state index >= 15 is 0 Å². The van der Waals surface area contributed by atoms with Gasteiger partial charge in [-0.15, -0.1) is 0 Å². The fraction of sp³-hybridized carbons (Fsp3) is 0.333. The van der Waals surface area contributed by atoms with Crippen LogP contribution in [0.3, 0.4) is 0 Å². The summed E-state index contributed by atoms with van der Waals surface area (Å²) in [6, 6.07) is 0. The van der Waals surface area contributed by atoms with Gasteiger partial charge in [0.15, 0.2) is 0 Å². The highest BCUT2D eigenvalue weighted by Gasteiger charge is 2.34. The molecule has 10 nitrogen and oxygen atoms in total. The number of hydrogen-bond acceptors (Lipinski definition) is 6. The monoisotopic (exact) mass is 584 g/mol. The molecule has 0 aromatic rings. The maximum Gasteiger partial charge on any atom is 0.303 e. The highest BCUT2D eigenvalue weighted by molar-refractivity contribution is 6.11. The summed E-state index contributed by atoms with van der Waals surface area (Å²) in [5.41, 5.74) is 8.18. The number of carbonyl (C=O) groups is 4. The standard InChI is InChI=1S/C33H36N4O6/c1-7-20-19(6)32(42)37-27(20)14-25-18(5)23(10-12-31(40)41)29(35-25)15-28-22(9-11-30(38)39)17(4)24(34-28)13-26-16(3)21(8-2)33(43)36-26/h7-8,13-14,22-23H,1-2,9-12,15H2,3-6H3,(H,36,43)(H,37,42)(H,38,39)(H,40,41)/b26-13+,27-14+/t22-,23+/m1/s1. The molecule has 0 radical (unpaired) electrons. The third kappa shape index (κ3) is 6.33. The molecule has 0 fully saturated rings. The van der Waals surface area contributed by atoms with Crippen molar-refractivity contribution in [2.45, 2.75) is 59.8 Å². The lowest BCUT2D eigenvalue weighted by atomic mass is 9.84. The van der Waals surface area contributed by atoms with Crippen LogP contribution in [-0.4, -0.2) is 45.4 Å². The summed E-state index contributed by atoms with van der Waals surface area (Å²) < 4.78 is 0. The second kappa shape index (κ2) is 12.6. The number of hydrogen-bond donors (Lipinski definition) is 4. The van der Waals surface area contributed by atoms with E-state index in [1.807, 2.05) is 20.8 Å². The van der Waals surface area contributed by atoms with Crippen molar-refractivity contribution < 1.29 is 29.4 Å². The van der Waals surface area contributed by atoms with Crippen LogP contribution >= 0.6 is 0 Å². The maximum atomic E-state index is 12.3. The molecule has 10 heteroatoms. The van der Waals surface area contributed by atoms with Crippen LogP contribution in [0, 0.1) is 11.8 Å². The van der Waals surface area contributed by atoms with Crippen molar-refractivity contribution in [2.75, 3.05) is 0 Å². The molecule has 0 aromatic carbocycles.